The molecule has 116 valence electrons. The van der Waals surface area contributed by atoms with Gasteiger partial charge in [-0.3, -0.25) is 4.79 Å². The van der Waals surface area contributed by atoms with Gasteiger partial charge in [0.15, 0.2) is 11.6 Å². The molecule has 1 aromatic heterocycles. The van der Waals surface area contributed by atoms with Crippen molar-refractivity contribution in [2.75, 3.05) is 17.7 Å². The standard InChI is InChI=1S/C16H20N4O2/c1-11(2)10-16(21)18-15-9-8-14(19-20-15)17-12-4-6-13(22-3)7-5-12/h4-9,11H,10H2,1-3H3,(H,17,19)(H,18,20,21). The van der Waals surface area contributed by atoms with Gasteiger partial charge < -0.3 is 15.4 Å². The molecule has 1 amide bonds. The van der Waals surface area contributed by atoms with Crippen LogP contribution in [-0.2, 0) is 4.79 Å². The Labute approximate surface area is 129 Å². The number of hydrogen-bond acceptors (Lipinski definition) is 5. The van der Waals surface area contributed by atoms with Crippen molar-refractivity contribution in [3.8, 4) is 5.75 Å². The zero-order chi connectivity index (χ0) is 15.9. The van der Waals surface area contributed by atoms with E-state index in [1.165, 1.54) is 0 Å². The Morgan fingerprint density at radius 3 is 2.27 bits per heavy atom. The molecule has 6 nitrogen and oxygen atoms in total. The maximum atomic E-state index is 11.7. The molecule has 1 heterocycles. The average molecular weight is 300 g/mol. The first-order valence-corrected chi connectivity index (χ1v) is 7.11. The number of methoxy groups -OCH3 is 1. The van der Waals surface area contributed by atoms with Crippen LogP contribution in [0.5, 0.6) is 5.75 Å². The molecule has 0 saturated heterocycles. The van der Waals surface area contributed by atoms with Gasteiger partial charge in [0.05, 0.1) is 7.11 Å². The number of carbonyl (C=O) groups is 1. The SMILES string of the molecule is COc1ccc(Nc2ccc(NC(=O)CC(C)C)nn2)cc1. The maximum absolute atomic E-state index is 11.7. The highest BCUT2D eigenvalue weighted by atomic mass is 16.5. The second kappa shape index (κ2) is 7.40. The Hall–Kier alpha value is -2.63. The molecule has 0 fully saturated rings. The van der Waals surface area contributed by atoms with Crippen LogP contribution in [0.1, 0.15) is 20.3 Å². The van der Waals surface area contributed by atoms with Crippen LogP contribution in [-0.4, -0.2) is 23.2 Å². The zero-order valence-electron chi connectivity index (χ0n) is 13.0. The zero-order valence-corrected chi connectivity index (χ0v) is 13.0. The first-order chi connectivity index (χ1) is 10.6. The van der Waals surface area contributed by atoms with Crippen LogP contribution in [0.4, 0.5) is 17.3 Å². The molecule has 0 atom stereocenters. The Morgan fingerprint density at radius 1 is 1.09 bits per heavy atom. The second-order valence-corrected chi connectivity index (χ2v) is 5.30. The summed E-state index contributed by atoms with van der Waals surface area (Å²) in [4.78, 5) is 11.7. The minimum absolute atomic E-state index is 0.0554. The highest BCUT2D eigenvalue weighted by Crippen LogP contribution is 2.18. The van der Waals surface area contributed by atoms with E-state index in [-0.39, 0.29) is 5.91 Å². The molecular formula is C16H20N4O2. The van der Waals surface area contributed by atoms with Crippen molar-refractivity contribution >= 4 is 23.2 Å². The molecule has 0 radical (unpaired) electrons. The third-order valence-electron chi connectivity index (χ3n) is 2.89. The average Bonchev–Trinajstić information content (AvgIpc) is 2.49. The first-order valence-electron chi connectivity index (χ1n) is 7.11. The van der Waals surface area contributed by atoms with E-state index < -0.39 is 0 Å². The smallest absolute Gasteiger partial charge is 0.225 e. The van der Waals surface area contributed by atoms with Gasteiger partial charge in [0.25, 0.3) is 0 Å². The third-order valence-corrected chi connectivity index (χ3v) is 2.89. The number of hydrogen-bond donors (Lipinski definition) is 2. The quantitative estimate of drug-likeness (QED) is 0.856. The number of carbonyl (C=O) groups excluding carboxylic acids is 1. The fraction of sp³-hybridized carbons (Fsp3) is 0.312. The Kier molecular flexibility index (Phi) is 5.30. The summed E-state index contributed by atoms with van der Waals surface area (Å²) >= 11 is 0. The van der Waals surface area contributed by atoms with Crippen molar-refractivity contribution in [1.82, 2.24) is 10.2 Å². The number of amides is 1. The molecule has 0 aliphatic carbocycles. The van der Waals surface area contributed by atoms with Gasteiger partial charge in [0.2, 0.25) is 5.91 Å². The van der Waals surface area contributed by atoms with Crippen molar-refractivity contribution < 1.29 is 9.53 Å². The largest absolute Gasteiger partial charge is 0.497 e. The van der Waals surface area contributed by atoms with Gasteiger partial charge in [-0.15, -0.1) is 10.2 Å². The minimum atomic E-state index is -0.0554. The fourth-order valence-corrected chi connectivity index (χ4v) is 1.85. The van der Waals surface area contributed by atoms with Crippen LogP contribution >= 0.6 is 0 Å². The van der Waals surface area contributed by atoms with Crippen LogP contribution in [0, 0.1) is 5.92 Å². The van der Waals surface area contributed by atoms with Crippen LogP contribution in [0.25, 0.3) is 0 Å². The van der Waals surface area contributed by atoms with Crippen molar-refractivity contribution in [3.63, 3.8) is 0 Å². The van der Waals surface area contributed by atoms with Gasteiger partial charge in [0.1, 0.15) is 5.75 Å². The number of nitrogens with one attached hydrogen (secondary N) is 2. The molecule has 0 spiro atoms. The molecule has 0 bridgehead atoms. The molecule has 2 N–H and O–H groups in total. The molecule has 2 aromatic rings. The highest BCUT2D eigenvalue weighted by molar-refractivity contribution is 5.89. The fourth-order valence-electron chi connectivity index (χ4n) is 1.85. The van der Waals surface area contributed by atoms with E-state index in [2.05, 4.69) is 20.8 Å². The molecule has 22 heavy (non-hydrogen) atoms. The molecule has 2 rings (SSSR count). The van der Waals surface area contributed by atoms with Crippen molar-refractivity contribution in [3.05, 3.63) is 36.4 Å². The van der Waals surface area contributed by atoms with Crippen molar-refractivity contribution in [2.45, 2.75) is 20.3 Å². The topological polar surface area (TPSA) is 76.1 Å². The number of ether oxygens (including phenoxy) is 1. The Morgan fingerprint density at radius 2 is 1.73 bits per heavy atom. The van der Waals surface area contributed by atoms with Gasteiger partial charge in [-0.05, 0) is 42.3 Å². The van der Waals surface area contributed by atoms with Crippen molar-refractivity contribution in [2.24, 2.45) is 5.92 Å². The van der Waals surface area contributed by atoms with Gasteiger partial charge in [-0.2, -0.15) is 0 Å². The lowest BCUT2D eigenvalue weighted by molar-refractivity contribution is -0.116. The van der Waals surface area contributed by atoms with Crippen LogP contribution < -0.4 is 15.4 Å². The number of anilines is 3. The maximum Gasteiger partial charge on any atom is 0.225 e. The molecule has 0 saturated carbocycles. The predicted octanol–water partition coefficient (Wildman–Crippen LogP) is 3.21. The summed E-state index contributed by atoms with van der Waals surface area (Å²) in [5.74, 6) is 2.10. The van der Waals surface area contributed by atoms with E-state index in [1.807, 2.05) is 38.1 Å². The molecule has 0 unspecified atom stereocenters. The summed E-state index contributed by atoms with van der Waals surface area (Å²) in [6.07, 6.45) is 0.466. The number of nitrogens with zero attached hydrogens (tertiary/aromatic N) is 2. The Bertz CT molecular complexity index is 609. The summed E-state index contributed by atoms with van der Waals surface area (Å²) in [5, 5.41) is 13.9. The lowest BCUT2D eigenvalue weighted by atomic mass is 10.1. The summed E-state index contributed by atoms with van der Waals surface area (Å²) in [6, 6.07) is 11.0. The molecule has 6 heteroatoms. The molecule has 0 aliphatic rings. The van der Waals surface area contributed by atoms with E-state index in [1.54, 1.807) is 19.2 Å². The minimum Gasteiger partial charge on any atom is -0.497 e. The Balaban J connectivity index is 1.94. The summed E-state index contributed by atoms with van der Waals surface area (Å²) < 4.78 is 5.10. The lowest BCUT2D eigenvalue weighted by Crippen LogP contribution is -2.15. The van der Waals surface area contributed by atoms with E-state index in [9.17, 15) is 4.79 Å². The normalized spacial score (nSPS) is 10.4. The van der Waals surface area contributed by atoms with Gasteiger partial charge in [-0.1, -0.05) is 13.8 Å². The molecule has 1 aromatic carbocycles. The van der Waals surface area contributed by atoms with Crippen LogP contribution in [0.3, 0.4) is 0 Å². The van der Waals surface area contributed by atoms with Gasteiger partial charge >= 0.3 is 0 Å². The lowest BCUT2D eigenvalue weighted by Gasteiger charge is -2.08. The van der Waals surface area contributed by atoms with E-state index >= 15 is 0 Å². The van der Waals surface area contributed by atoms with Gasteiger partial charge in [0, 0.05) is 12.1 Å². The summed E-state index contributed by atoms with van der Waals surface area (Å²) in [7, 11) is 1.63. The van der Waals surface area contributed by atoms with Crippen LogP contribution in [0.15, 0.2) is 36.4 Å². The number of benzene rings is 1. The monoisotopic (exact) mass is 300 g/mol. The first kappa shape index (κ1) is 15.8. The molecule has 0 aliphatic heterocycles. The van der Waals surface area contributed by atoms with Gasteiger partial charge in [-0.25, -0.2) is 0 Å². The number of rotatable bonds is 6. The van der Waals surface area contributed by atoms with E-state index in [0.717, 1.165) is 11.4 Å². The van der Waals surface area contributed by atoms with E-state index in [0.29, 0.717) is 24.0 Å². The van der Waals surface area contributed by atoms with E-state index in [4.69, 9.17) is 4.74 Å². The third kappa shape index (κ3) is 4.73. The predicted molar refractivity (Wildman–Crippen MR) is 86.4 cm³/mol. The highest BCUT2D eigenvalue weighted by Gasteiger charge is 2.06. The summed E-state index contributed by atoms with van der Waals surface area (Å²) in [5.41, 5.74) is 0.881. The second-order valence-electron chi connectivity index (χ2n) is 5.30. The molecular weight excluding hydrogens is 280 g/mol. The number of aromatic nitrogens is 2. The van der Waals surface area contributed by atoms with Crippen molar-refractivity contribution in [1.29, 1.82) is 0 Å². The van der Waals surface area contributed by atoms with Crippen LogP contribution in [0.2, 0.25) is 0 Å². The summed E-state index contributed by atoms with van der Waals surface area (Å²) in [6.45, 7) is 3.99.